The summed E-state index contributed by atoms with van der Waals surface area (Å²) in [6.45, 7) is 3.03. The van der Waals surface area contributed by atoms with Crippen LogP contribution in [0.4, 0.5) is 0 Å². The van der Waals surface area contributed by atoms with Crippen molar-refractivity contribution in [1.29, 1.82) is 0 Å². The van der Waals surface area contributed by atoms with Crippen LogP contribution in [-0.2, 0) is 6.42 Å². The Kier molecular flexibility index (Phi) is 5.45. The zero-order chi connectivity index (χ0) is 14.4. The molecule has 0 amide bonds. The van der Waals surface area contributed by atoms with E-state index in [4.69, 9.17) is 16.3 Å². The number of methoxy groups -OCH3 is 1. The van der Waals surface area contributed by atoms with Crippen LogP contribution in [-0.4, -0.2) is 13.7 Å². The minimum absolute atomic E-state index is 0.255. The molecular weight excluding hydrogens is 270 g/mol. The summed E-state index contributed by atoms with van der Waals surface area (Å²) in [5.41, 5.74) is 2.46. The van der Waals surface area contributed by atoms with Gasteiger partial charge in [0, 0.05) is 11.1 Å². The fraction of sp³-hybridized carbons (Fsp3) is 0.294. The molecular formula is C17H20ClNO. The maximum Gasteiger partial charge on any atom is 0.119 e. The van der Waals surface area contributed by atoms with E-state index in [0.717, 1.165) is 23.7 Å². The Bertz CT molecular complexity index is 556. The summed E-state index contributed by atoms with van der Waals surface area (Å²) < 4.78 is 5.28. The van der Waals surface area contributed by atoms with Crippen LogP contribution in [0.5, 0.6) is 5.75 Å². The number of nitrogens with one attached hydrogen (secondary N) is 1. The second kappa shape index (κ2) is 7.32. The van der Waals surface area contributed by atoms with Crippen molar-refractivity contribution in [3.8, 4) is 5.75 Å². The minimum Gasteiger partial charge on any atom is -0.497 e. The second-order valence-corrected chi connectivity index (χ2v) is 5.16. The Hall–Kier alpha value is -1.51. The molecule has 0 saturated carbocycles. The summed E-state index contributed by atoms with van der Waals surface area (Å²) in [6, 6.07) is 16.5. The van der Waals surface area contributed by atoms with Crippen LogP contribution in [0.3, 0.4) is 0 Å². The highest BCUT2D eigenvalue weighted by Gasteiger charge is 2.12. The van der Waals surface area contributed by atoms with E-state index < -0.39 is 0 Å². The standard InChI is InChI=1S/C17H20ClNO/c1-3-19-17(14-7-5-8-15(18)12-14)11-13-6-4-9-16(10-13)20-2/h4-10,12,17,19H,3,11H2,1-2H3. The molecule has 0 aliphatic carbocycles. The molecule has 2 aromatic rings. The molecule has 1 atom stereocenters. The molecule has 0 aliphatic rings. The molecule has 1 N–H and O–H groups in total. The molecule has 2 nitrogen and oxygen atoms in total. The van der Waals surface area contributed by atoms with Crippen LogP contribution >= 0.6 is 11.6 Å². The molecule has 2 aromatic carbocycles. The lowest BCUT2D eigenvalue weighted by molar-refractivity contribution is 0.414. The van der Waals surface area contributed by atoms with Gasteiger partial charge in [0.1, 0.15) is 5.75 Å². The van der Waals surface area contributed by atoms with Crippen molar-refractivity contribution >= 4 is 11.6 Å². The molecule has 0 aromatic heterocycles. The molecule has 0 radical (unpaired) electrons. The summed E-state index contributed by atoms with van der Waals surface area (Å²) >= 11 is 6.09. The molecule has 106 valence electrons. The molecule has 2 rings (SSSR count). The lowest BCUT2D eigenvalue weighted by atomic mass is 9.98. The zero-order valence-corrected chi connectivity index (χ0v) is 12.7. The van der Waals surface area contributed by atoms with E-state index in [1.165, 1.54) is 11.1 Å². The summed E-state index contributed by atoms with van der Waals surface area (Å²) in [6.07, 6.45) is 0.908. The van der Waals surface area contributed by atoms with Crippen molar-refractivity contribution in [3.63, 3.8) is 0 Å². The van der Waals surface area contributed by atoms with Crippen LogP contribution in [0.1, 0.15) is 24.1 Å². The molecule has 0 fully saturated rings. The number of rotatable bonds is 6. The van der Waals surface area contributed by atoms with Gasteiger partial charge in [-0.25, -0.2) is 0 Å². The third-order valence-corrected chi connectivity index (χ3v) is 3.51. The van der Waals surface area contributed by atoms with Crippen molar-refractivity contribution in [3.05, 3.63) is 64.7 Å². The summed E-state index contributed by atoms with van der Waals surface area (Å²) in [5.74, 6) is 0.892. The second-order valence-electron chi connectivity index (χ2n) is 4.72. The Morgan fingerprint density at radius 2 is 1.95 bits per heavy atom. The van der Waals surface area contributed by atoms with Crippen molar-refractivity contribution < 1.29 is 4.74 Å². The van der Waals surface area contributed by atoms with Gasteiger partial charge in [-0.05, 0) is 48.4 Å². The number of hydrogen-bond acceptors (Lipinski definition) is 2. The SMILES string of the molecule is CCNC(Cc1cccc(OC)c1)c1cccc(Cl)c1. The van der Waals surface area contributed by atoms with Crippen LogP contribution < -0.4 is 10.1 Å². The lowest BCUT2D eigenvalue weighted by Crippen LogP contribution is -2.22. The third-order valence-electron chi connectivity index (χ3n) is 3.28. The van der Waals surface area contributed by atoms with E-state index >= 15 is 0 Å². The predicted octanol–water partition coefficient (Wildman–Crippen LogP) is 4.24. The average molecular weight is 290 g/mol. The topological polar surface area (TPSA) is 21.3 Å². The molecule has 0 heterocycles. The molecule has 0 aliphatic heterocycles. The first kappa shape index (κ1) is 14.9. The molecule has 0 bridgehead atoms. The van der Waals surface area contributed by atoms with E-state index in [-0.39, 0.29) is 6.04 Å². The minimum atomic E-state index is 0.255. The van der Waals surface area contributed by atoms with Crippen LogP contribution in [0, 0.1) is 0 Å². The van der Waals surface area contributed by atoms with Gasteiger partial charge in [0.15, 0.2) is 0 Å². The number of hydrogen-bond donors (Lipinski definition) is 1. The van der Waals surface area contributed by atoms with Gasteiger partial charge < -0.3 is 10.1 Å². The molecule has 0 saturated heterocycles. The maximum absolute atomic E-state index is 6.09. The fourth-order valence-corrected chi connectivity index (χ4v) is 2.51. The first-order chi connectivity index (χ1) is 9.72. The summed E-state index contributed by atoms with van der Waals surface area (Å²) in [7, 11) is 1.69. The average Bonchev–Trinajstić information content (AvgIpc) is 2.47. The number of benzene rings is 2. The van der Waals surface area contributed by atoms with Gasteiger partial charge in [-0.1, -0.05) is 42.8 Å². The highest BCUT2D eigenvalue weighted by Crippen LogP contribution is 2.23. The number of likely N-dealkylation sites (N-methyl/N-ethyl adjacent to an activating group) is 1. The summed E-state index contributed by atoms with van der Waals surface area (Å²) in [5, 5.41) is 4.29. The summed E-state index contributed by atoms with van der Waals surface area (Å²) in [4.78, 5) is 0. The van der Waals surface area contributed by atoms with Gasteiger partial charge >= 0.3 is 0 Å². The fourth-order valence-electron chi connectivity index (χ4n) is 2.31. The molecule has 1 unspecified atom stereocenters. The smallest absolute Gasteiger partial charge is 0.119 e. The van der Waals surface area contributed by atoms with E-state index in [9.17, 15) is 0 Å². The third kappa shape index (κ3) is 3.99. The van der Waals surface area contributed by atoms with E-state index in [0.29, 0.717) is 0 Å². The van der Waals surface area contributed by atoms with E-state index in [1.807, 2.05) is 30.3 Å². The van der Waals surface area contributed by atoms with Crippen LogP contribution in [0.15, 0.2) is 48.5 Å². The Morgan fingerprint density at radius 3 is 2.65 bits per heavy atom. The number of halogens is 1. The highest BCUT2D eigenvalue weighted by molar-refractivity contribution is 6.30. The quantitative estimate of drug-likeness (QED) is 0.859. The molecule has 20 heavy (non-hydrogen) atoms. The molecule has 3 heteroatoms. The van der Waals surface area contributed by atoms with Gasteiger partial charge in [-0.3, -0.25) is 0 Å². The Morgan fingerprint density at radius 1 is 1.15 bits per heavy atom. The van der Waals surface area contributed by atoms with Crippen molar-refractivity contribution in [1.82, 2.24) is 5.32 Å². The number of ether oxygens (including phenoxy) is 1. The van der Waals surface area contributed by atoms with E-state index in [2.05, 4.69) is 30.4 Å². The van der Waals surface area contributed by atoms with Gasteiger partial charge in [0.2, 0.25) is 0 Å². The van der Waals surface area contributed by atoms with Gasteiger partial charge in [-0.2, -0.15) is 0 Å². The monoisotopic (exact) mass is 289 g/mol. The highest BCUT2D eigenvalue weighted by atomic mass is 35.5. The van der Waals surface area contributed by atoms with Crippen LogP contribution in [0.2, 0.25) is 5.02 Å². The Labute approximate surface area is 125 Å². The predicted molar refractivity (Wildman–Crippen MR) is 84.6 cm³/mol. The normalized spacial score (nSPS) is 12.2. The van der Waals surface area contributed by atoms with Gasteiger partial charge in [0.05, 0.1) is 7.11 Å². The van der Waals surface area contributed by atoms with Crippen molar-refractivity contribution in [2.75, 3.05) is 13.7 Å². The zero-order valence-electron chi connectivity index (χ0n) is 11.9. The first-order valence-corrected chi connectivity index (χ1v) is 7.22. The van der Waals surface area contributed by atoms with Gasteiger partial charge in [0.25, 0.3) is 0 Å². The van der Waals surface area contributed by atoms with Crippen LogP contribution in [0.25, 0.3) is 0 Å². The lowest BCUT2D eigenvalue weighted by Gasteiger charge is -2.19. The van der Waals surface area contributed by atoms with E-state index in [1.54, 1.807) is 7.11 Å². The first-order valence-electron chi connectivity index (χ1n) is 6.84. The Balaban J connectivity index is 2.20. The largest absolute Gasteiger partial charge is 0.497 e. The maximum atomic E-state index is 6.09. The molecule has 0 spiro atoms. The van der Waals surface area contributed by atoms with Gasteiger partial charge in [-0.15, -0.1) is 0 Å². The van der Waals surface area contributed by atoms with Crippen molar-refractivity contribution in [2.24, 2.45) is 0 Å². The van der Waals surface area contributed by atoms with Crippen molar-refractivity contribution in [2.45, 2.75) is 19.4 Å².